The molecule has 0 rings (SSSR count). The summed E-state index contributed by atoms with van der Waals surface area (Å²) in [6.07, 6.45) is -1.77. The molecule has 2 atom stereocenters. The van der Waals surface area contributed by atoms with E-state index in [1.165, 1.54) is 0 Å². The molecule has 0 aromatic heterocycles. The zero-order chi connectivity index (χ0) is 10.4. The lowest BCUT2D eigenvalue weighted by atomic mass is 10.1. The summed E-state index contributed by atoms with van der Waals surface area (Å²) in [5, 5.41) is 25.6. The molecule has 0 aliphatic heterocycles. The van der Waals surface area contributed by atoms with Crippen molar-refractivity contribution in [1.82, 2.24) is 0 Å². The molecule has 2 unspecified atom stereocenters. The molecule has 0 heterocycles. The van der Waals surface area contributed by atoms with Gasteiger partial charge in [-0.25, -0.2) is 0 Å². The molecule has 0 amide bonds. The van der Waals surface area contributed by atoms with Crippen LogP contribution in [-0.4, -0.2) is 39.4 Å². The van der Waals surface area contributed by atoms with E-state index in [-0.39, 0.29) is 12.8 Å². The second-order valence-electron chi connectivity index (χ2n) is 2.85. The number of hydrogen-bond donors (Lipinski definition) is 4. The van der Waals surface area contributed by atoms with Gasteiger partial charge in [0.25, 0.3) is 0 Å². The fourth-order valence-electron chi connectivity index (χ4n) is 0.942. The van der Waals surface area contributed by atoms with Crippen LogP contribution in [0.25, 0.3) is 0 Å². The van der Waals surface area contributed by atoms with Crippen molar-refractivity contribution in [2.45, 2.75) is 31.4 Å². The van der Waals surface area contributed by atoms with Crippen LogP contribution in [0, 0.1) is 0 Å². The van der Waals surface area contributed by atoms with Gasteiger partial charge in [-0.05, 0) is 6.42 Å². The zero-order valence-electron chi connectivity index (χ0n) is 7.01. The highest BCUT2D eigenvalue weighted by Gasteiger charge is 2.15. The number of rotatable bonds is 6. The lowest BCUT2D eigenvalue weighted by Gasteiger charge is -2.12. The van der Waals surface area contributed by atoms with Crippen molar-refractivity contribution in [3.05, 3.63) is 0 Å². The lowest BCUT2D eigenvalue weighted by Crippen LogP contribution is -2.29. The summed E-state index contributed by atoms with van der Waals surface area (Å²) in [4.78, 5) is 20.2. The third kappa shape index (κ3) is 7.23. The summed E-state index contributed by atoms with van der Waals surface area (Å²) in [5.41, 5.74) is 5.32. The second-order valence-corrected chi connectivity index (χ2v) is 2.85. The quantitative estimate of drug-likeness (QED) is 0.428. The molecule has 0 spiro atoms. The normalized spacial score (nSPS) is 14.9. The molecule has 13 heavy (non-hydrogen) atoms. The molecule has 0 saturated carbocycles. The lowest BCUT2D eigenvalue weighted by molar-refractivity contribution is -0.139. The average molecular weight is 191 g/mol. The van der Waals surface area contributed by atoms with Gasteiger partial charge < -0.3 is 21.1 Å². The molecule has 0 fully saturated rings. The minimum Gasteiger partial charge on any atom is -0.481 e. The first-order valence-corrected chi connectivity index (χ1v) is 3.79. The Hall–Kier alpha value is -1.14. The first kappa shape index (κ1) is 11.9. The Bertz CT molecular complexity index is 173. The van der Waals surface area contributed by atoms with Crippen molar-refractivity contribution in [3.63, 3.8) is 0 Å². The Morgan fingerprint density at radius 3 is 2.00 bits per heavy atom. The molecule has 6 nitrogen and oxygen atoms in total. The molecule has 6 heteroatoms. The number of carboxylic acid groups (broad SMARTS) is 2. The average Bonchev–Trinajstić information content (AvgIpc) is 1.80. The number of hydrogen-bond acceptors (Lipinski definition) is 4. The zero-order valence-corrected chi connectivity index (χ0v) is 7.01. The molecule has 0 radical (unpaired) electrons. The predicted molar refractivity (Wildman–Crippen MR) is 43.1 cm³/mol. The number of aliphatic hydroxyl groups is 1. The van der Waals surface area contributed by atoms with E-state index in [0.717, 1.165) is 0 Å². The number of nitrogens with two attached hydrogens (primary N) is 1. The van der Waals surface area contributed by atoms with Crippen LogP contribution in [-0.2, 0) is 9.59 Å². The van der Waals surface area contributed by atoms with Gasteiger partial charge in [0.2, 0.25) is 0 Å². The van der Waals surface area contributed by atoms with Crippen LogP contribution in [0.15, 0.2) is 0 Å². The van der Waals surface area contributed by atoms with Crippen LogP contribution < -0.4 is 5.73 Å². The molecule has 0 aromatic rings. The molecule has 0 aliphatic rings. The smallest absolute Gasteiger partial charge is 0.305 e. The number of aliphatic hydroxyl groups excluding tert-OH is 1. The van der Waals surface area contributed by atoms with Crippen LogP contribution in [0.1, 0.15) is 19.3 Å². The fourth-order valence-corrected chi connectivity index (χ4v) is 0.942. The highest BCUT2D eigenvalue weighted by molar-refractivity contribution is 5.68. The molecule has 0 bridgehead atoms. The van der Waals surface area contributed by atoms with Gasteiger partial charge in [-0.1, -0.05) is 0 Å². The third-order valence-corrected chi connectivity index (χ3v) is 1.42. The van der Waals surface area contributed by atoms with E-state index in [2.05, 4.69) is 0 Å². The van der Waals surface area contributed by atoms with Gasteiger partial charge in [-0.15, -0.1) is 0 Å². The van der Waals surface area contributed by atoms with Crippen LogP contribution in [0.3, 0.4) is 0 Å². The van der Waals surface area contributed by atoms with Crippen LogP contribution >= 0.6 is 0 Å². The number of aliphatic carboxylic acids is 2. The van der Waals surface area contributed by atoms with Crippen molar-refractivity contribution in [2.24, 2.45) is 5.73 Å². The standard InChI is InChI=1S/C7H13NO5/c8-4(2-6(10)11)1-5(9)3-7(12)13/h4-5,9H,1-3,8H2,(H,10,11)(H,12,13). The van der Waals surface area contributed by atoms with Crippen molar-refractivity contribution in [1.29, 1.82) is 0 Å². The highest BCUT2D eigenvalue weighted by Crippen LogP contribution is 2.03. The summed E-state index contributed by atoms with van der Waals surface area (Å²) in [5.74, 6) is -2.19. The molecule has 0 saturated heterocycles. The molecular formula is C7H13NO5. The van der Waals surface area contributed by atoms with Crippen molar-refractivity contribution < 1.29 is 24.9 Å². The maximum atomic E-state index is 10.1. The van der Waals surface area contributed by atoms with Gasteiger partial charge in [0.05, 0.1) is 18.9 Å². The highest BCUT2D eigenvalue weighted by atomic mass is 16.4. The first-order valence-electron chi connectivity index (χ1n) is 3.79. The molecule has 0 aliphatic carbocycles. The van der Waals surface area contributed by atoms with Crippen LogP contribution in [0.5, 0.6) is 0 Å². The summed E-state index contributed by atoms with van der Waals surface area (Å²) in [7, 11) is 0. The third-order valence-electron chi connectivity index (χ3n) is 1.42. The topological polar surface area (TPSA) is 121 Å². The van der Waals surface area contributed by atoms with Crippen LogP contribution in [0.4, 0.5) is 0 Å². The molecule has 5 N–H and O–H groups in total. The predicted octanol–water partition coefficient (Wildman–Crippen LogP) is -0.986. The Morgan fingerprint density at radius 1 is 1.15 bits per heavy atom. The van der Waals surface area contributed by atoms with Gasteiger partial charge in [0.1, 0.15) is 0 Å². The number of carbonyl (C=O) groups is 2. The second kappa shape index (κ2) is 5.50. The van der Waals surface area contributed by atoms with E-state index in [1.807, 2.05) is 0 Å². The maximum absolute atomic E-state index is 10.1. The number of carboxylic acids is 2. The Morgan fingerprint density at radius 2 is 1.62 bits per heavy atom. The van der Waals surface area contributed by atoms with E-state index in [4.69, 9.17) is 21.1 Å². The Balaban J connectivity index is 3.70. The summed E-state index contributed by atoms with van der Waals surface area (Å²) >= 11 is 0. The van der Waals surface area contributed by atoms with E-state index in [1.54, 1.807) is 0 Å². The summed E-state index contributed by atoms with van der Waals surface area (Å²) in [6, 6.07) is -0.702. The minimum atomic E-state index is -1.13. The molecule has 0 aromatic carbocycles. The van der Waals surface area contributed by atoms with Crippen molar-refractivity contribution in [3.8, 4) is 0 Å². The first-order chi connectivity index (χ1) is 5.91. The largest absolute Gasteiger partial charge is 0.481 e. The van der Waals surface area contributed by atoms with Crippen LogP contribution in [0.2, 0.25) is 0 Å². The maximum Gasteiger partial charge on any atom is 0.305 e. The monoisotopic (exact) mass is 191 g/mol. The minimum absolute atomic E-state index is 0.0153. The SMILES string of the molecule is NC(CC(=O)O)CC(O)CC(=O)O. The van der Waals surface area contributed by atoms with Gasteiger partial charge in [-0.3, -0.25) is 9.59 Å². The van der Waals surface area contributed by atoms with E-state index in [9.17, 15) is 9.59 Å². The molecular weight excluding hydrogens is 178 g/mol. The van der Waals surface area contributed by atoms with E-state index >= 15 is 0 Å². The molecule has 76 valence electrons. The summed E-state index contributed by atoms with van der Waals surface area (Å²) in [6.45, 7) is 0. The Labute approximate surface area is 75.0 Å². The van der Waals surface area contributed by atoms with Gasteiger partial charge in [0.15, 0.2) is 0 Å². The van der Waals surface area contributed by atoms with E-state index < -0.39 is 30.5 Å². The Kier molecular flexibility index (Phi) is 5.01. The van der Waals surface area contributed by atoms with Crippen molar-refractivity contribution in [2.75, 3.05) is 0 Å². The van der Waals surface area contributed by atoms with E-state index in [0.29, 0.717) is 0 Å². The summed E-state index contributed by atoms with van der Waals surface area (Å²) < 4.78 is 0. The van der Waals surface area contributed by atoms with Gasteiger partial charge in [0, 0.05) is 6.04 Å². The van der Waals surface area contributed by atoms with Crippen molar-refractivity contribution >= 4 is 11.9 Å². The fraction of sp³-hybridized carbons (Fsp3) is 0.714. The van der Waals surface area contributed by atoms with Gasteiger partial charge >= 0.3 is 11.9 Å². The van der Waals surface area contributed by atoms with Gasteiger partial charge in [-0.2, -0.15) is 0 Å².